The van der Waals surface area contributed by atoms with Gasteiger partial charge in [0.25, 0.3) is 6.71 Å². The van der Waals surface area contributed by atoms with E-state index in [4.69, 9.17) is 4.42 Å². The third-order valence-corrected chi connectivity index (χ3v) is 13.9. The average molecular weight is 846 g/mol. The van der Waals surface area contributed by atoms with Crippen molar-refractivity contribution in [1.82, 2.24) is 0 Å². The van der Waals surface area contributed by atoms with Gasteiger partial charge in [0.1, 0.15) is 5.76 Å². The Balaban J connectivity index is 1.11. The van der Waals surface area contributed by atoms with Crippen LogP contribution >= 0.6 is 0 Å². The maximum Gasteiger partial charge on any atom is 0.297 e. The fourth-order valence-electron chi connectivity index (χ4n) is 11.0. The van der Waals surface area contributed by atoms with Crippen molar-refractivity contribution in [2.45, 2.75) is 19.3 Å². The molecular formula is C61H44BN3O. The van der Waals surface area contributed by atoms with Gasteiger partial charge in [-0.05, 0) is 137 Å². The predicted octanol–water partition coefficient (Wildman–Crippen LogP) is 14.5. The summed E-state index contributed by atoms with van der Waals surface area (Å²) >= 11 is 0. The Bertz CT molecular complexity index is 3360. The fraction of sp³-hybridized carbons (Fsp3) is 0.0492. The summed E-state index contributed by atoms with van der Waals surface area (Å²) < 4.78 is 7.62. The molecule has 13 rings (SSSR count). The minimum absolute atomic E-state index is 0.187. The first-order valence-electron chi connectivity index (χ1n) is 22.9. The highest BCUT2D eigenvalue weighted by atomic mass is 16.3. The molecule has 312 valence electrons. The zero-order chi connectivity index (χ0) is 43.9. The number of nitrogens with zero attached hydrogens (tertiary/aromatic N) is 3. The number of hydrogen-bond donors (Lipinski definition) is 0. The highest BCUT2D eigenvalue weighted by molar-refractivity contribution is 6.99. The molecule has 1 aliphatic carbocycles. The summed E-state index contributed by atoms with van der Waals surface area (Å²) in [6, 6.07) is 83.6. The molecule has 5 heteroatoms. The van der Waals surface area contributed by atoms with Crippen molar-refractivity contribution in [3.8, 4) is 33.4 Å². The maximum absolute atomic E-state index is 7.62. The van der Waals surface area contributed by atoms with Crippen LogP contribution < -0.4 is 31.3 Å². The summed E-state index contributed by atoms with van der Waals surface area (Å²) in [7, 11) is 0. The molecule has 3 heterocycles. The number of furan rings is 1. The van der Waals surface area contributed by atoms with Gasteiger partial charge < -0.3 is 19.1 Å². The molecule has 1 aromatic heterocycles. The molecule has 0 N–H and O–H groups in total. The molecule has 2 aliphatic heterocycles. The van der Waals surface area contributed by atoms with Crippen LogP contribution in [-0.2, 0) is 5.41 Å². The molecule has 10 aromatic rings. The third kappa shape index (κ3) is 5.79. The first-order chi connectivity index (χ1) is 32.5. The van der Waals surface area contributed by atoms with Crippen molar-refractivity contribution >= 4 is 74.5 Å². The van der Waals surface area contributed by atoms with Crippen LogP contribution in [0.1, 0.15) is 25.2 Å². The van der Waals surface area contributed by atoms with Crippen LogP contribution in [0.5, 0.6) is 0 Å². The summed E-state index contributed by atoms with van der Waals surface area (Å²) in [5, 5.41) is 0. The van der Waals surface area contributed by atoms with Crippen LogP contribution in [0.4, 0.5) is 51.2 Å². The number of fused-ring (bicyclic) bond motifs is 8. The molecule has 0 atom stereocenters. The predicted molar refractivity (Wildman–Crippen MR) is 276 cm³/mol. The first kappa shape index (κ1) is 38.2. The van der Waals surface area contributed by atoms with Gasteiger partial charge in [-0.25, -0.2) is 0 Å². The molecule has 0 fully saturated rings. The van der Waals surface area contributed by atoms with E-state index in [1.807, 2.05) is 0 Å². The molecule has 0 spiro atoms. The third-order valence-electron chi connectivity index (χ3n) is 13.9. The molecule has 9 aromatic carbocycles. The van der Waals surface area contributed by atoms with E-state index in [-0.39, 0.29) is 12.1 Å². The highest BCUT2D eigenvalue weighted by Crippen LogP contribution is 2.57. The van der Waals surface area contributed by atoms with Crippen molar-refractivity contribution in [3.05, 3.63) is 242 Å². The Kier molecular flexibility index (Phi) is 8.63. The number of benzene rings is 9. The second kappa shape index (κ2) is 14.9. The van der Waals surface area contributed by atoms with E-state index >= 15 is 0 Å². The molecular weight excluding hydrogens is 802 g/mol. The number of para-hydroxylation sites is 3. The normalized spacial score (nSPS) is 13.6. The van der Waals surface area contributed by atoms with Crippen molar-refractivity contribution in [2.75, 3.05) is 14.7 Å². The lowest BCUT2D eigenvalue weighted by molar-refractivity contribution is 0.457. The minimum Gasteiger partial charge on any atom is -0.471 e. The van der Waals surface area contributed by atoms with Gasteiger partial charge in [0, 0.05) is 56.5 Å². The van der Waals surface area contributed by atoms with Gasteiger partial charge in [0.2, 0.25) is 0 Å². The second-order valence-corrected chi connectivity index (χ2v) is 18.1. The topological polar surface area (TPSA) is 22.9 Å². The van der Waals surface area contributed by atoms with Gasteiger partial charge in [-0.1, -0.05) is 152 Å². The van der Waals surface area contributed by atoms with E-state index in [2.05, 4.69) is 259 Å². The Labute approximate surface area is 386 Å². The maximum atomic E-state index is 7.62. The van der Waals surface area contributed by atoms with E-state index in [9.17, 15) is 0 Å². The van der Waals surface area contributed by atoms with Crippen molar-refractivity contribution in [1.29, 1.82) is 0 Å². The molecule has 66 heavy (non-hydrogen) atoms. The van der Waals surface area contributed by atoms with Gasteiger partial charge in [-0.3, -0.25) is 0 Å². The molecule has 0 saturated carbocycles. The summed E-state index contributed by atoms with van der Waals surface area (Å²) in [5.41, 5.74) is 21.4. The lowest BCUT2D eigenvalue weighted by Crippen LogP contribution is -2.61. The zero-order valence-electron chi connectivity index (χ0n) is 36.8. The van der Waals surface area contributed by atoms with Crippen LogP contribution in [0.15, 0.2) is 235 Å². The SMILES string of the molecule is CC1(C)c2ccccc2-c2c1oc1c2N(c2cc(-c3ccccc3)cc(-c3ccccc3)c2)c2cccc3c2B1c1ccc(N(c2ccccc2)c2ccccc2)cc1N3c1ccccc1. The van der Waals surface area contributed by atoms with Gasteiger partial charge in [-0.2, -0.15) is 0 Å². The Morgan fingerprint density at radius 2 is 0.985 bits per heavy atom. The van der Waals surface area contributed by atoms with Crippen molar-refractivity contribution in [3.63, 3.8) is 0 Å². The smallest absolute Gasteiger partial charge is 0.297 e. The summed E-state index contributed by atoms with van der Waals surface area (Å²) in [6.45, 7) is 4.45. The summed E-state index contributed by atoms with van der Waals surface area (Å²) in [5.74, 6) is 1.01. The van der Waals surface area contributed by atoms with Gasteiger partial charge in [0.05, 0.1) is 11.3 Å². The fourth-order valence-corrected chi connectivity index (χ4v) is 11.0. The standard InChI is InChI=1S/C61H44BN3O/c1-61(2)51-32-19-18-31-50(51)56-58-60(66-59(56)61)62-52-36-35-48(63(45-25-12-5-13-26-45)46-27-14-6-15-28-46)40-55(52)64(47-29-16-7-17-30-47)53-33-20-34-54(57(53)62)65(58)49-38-43(41-21-8-3-9-22-41)37-44(39-49)42-23-10-4-11-24-42/h3-40H,1-2H3. The van der Waals surface area contributed by atoms with Crippen LogP contribution in [-0.4, -0.2) is 6.71 Å². The van der Waals surface area contributed by atoms with E-state index in [0.717, 1.165) is 73.7 Å². The molecule has 0 bridgehead atoms. The molecule has 0 amide bonds. The number of anilines is 9. The lowest BCUT2D eigenvalue weighted by atomic mass is 9.35. The quantitative estimate of drug-likeness (QED) is 0.149. The molecule has 4 nitrogen and oxygen atoms in total. The highest BCUT2D eigenvalue weighted by Gasteiger charge is 2.51. The Morgan fingerprint density at radius 1 is 0.439 bits per heavy atom. The van der Waals surface area contributed by atoms with Crippen LogP contribution in [0, 0.1) is 0 Å². The summed E-state index contributed by atoms with van der Waals surface area (Å²) in [6.07, 6.45) is 0. The van der Waals surface area contributed by atoms with Crippen molar-refractivity contribution in [2.24, 2.45) is 0 Å². The first-order valence-corrected chi connectivity index (χ1v) is 22.9. The molecule has 3 aliphatic rings. The largest absolute Gasteiger partial charge is 0.471 e. The van der Waals surface area contributed by atoms with Gasteiger partial charge in [-0.15, -0.1) is 0 Å². The minimum atomic E-state index is -0.353. The monoisotopic (exact) mass is 845 g/mol. The van der Waals surface area contributed by atoms with Crippen LogP contribution in [0.3, 0.4) is 0 Å². The zero-order valence-corrected chi connectivity index (χ0v) is 36.8. The Hall–Kier alpha value is -8.28. The average Bonchev–Trinajstić information content (AvgIpc) is 3.88. The van der Waals surface area contributed by atoms with E-state index in [1.165, 1.54) is 38.7 Å². The van der Waals surface area contributed by atoms with Crippen LogP contribution in [0.25, 0.3) is 33.4 Å². The molecule has 0 saturated heterocycles. The number of rotatable bonds is 7. The van der Waals surface area contributed by atoms with Crippen molar-refractivity contribution < 1.29 is 4.42 Å². The Morgan fingerprint density at radius 3 is 1.61 bits per heavy atom. The van der Waals surface area contributed by atoms with E-state index < -0.39 is 0 Å². The van der Waals surface area contributed by atoms with Gasteiger partial charge in [0.15, 0.2) is 0 Å². The van der Waals surface area contributed by atoms with E-state index in [0.29, 0.717) is 0 Å². The molecule has 0 radical (unpaired) electrons. The van der Waals surface area contributed by atoms with Crippen LogP contribution in [0.2, 0.25) is 0 Å². The summed E-state index contributed by atoms with van der Waals surface area (Å²) in [4.78, 5) is 7.35. The van der Waals surface area contributed by atoms with Gasteiger partial charge >= 0.3 is 0 Å². The molecule has 0 unspecified atom stereocenters. The number of hydrogen-bond acceptors (Lipinski definition) is 4. The second-order valence-electron chi connectivity index (χ2n) is 18.1. The lowest BCUT2D eigenvalue weighted by Gasteiger charge is -2.43. The van der Waals surface area contributed by atoms with E-state index in [1.54, 1.807) is 0 Å².